The van der Waals surface area contributed by atoms with Crippen LogP contribution in [0.25, 0.3) is 0 Å². The van der Waals surface area contributed by atoms with E-state index in [1.54, 1.807) is 24.8 Å². The van der Waals surface area contributed by atoms with Crippen molar-refractivity contribution in [3.05, 3.63) is 11.5 Å². The number of aliphatic hydroxyl groups excluding tert-OH is 1. The van der Waals surface area contributed by atoms with Gasteiger partial charge in [-0.1, -0.05) is 26.8 Å². The summed E-state index contributed by atoms with van der Waals surface area (Å²) >= 11 is 1.72. The summed E-state index contributed by atoms with van der Waals surface area (Å²) in [7, 11) is 0. The van der Waals surface area contributed by atoms with E-state index in [1.807, 2.05) is 5.41 Å². The van der Waals surface area contributed by atoms with Crippen molar-refractivity contribution >= 4 is 11.8 Å². The maximum Gasteiger partial charge on any atom is 0.0700 e. The third kappa shape index (κ3) is 8.05. The van der Waals surface area contributed by atoms with Gasteiger partial charge in [-0.25, -0.2) is 0 Å². The zero-order chi connectivity index (χ0) is 8.20. The molecule has 10 heavy (non-hydrogen) atoms. The molecule has 0 radical (unpaired) electrons. The molecule has 0 saturated carbocycles. The van der Waals surface area contributed by atoms with E-state index >= 15 is 0 Å². The number of thioether (sulfide) groups is 1. The van der Waals surface area contributed by atoms with Gasteiger partial charge in [0.05, 0.1) is 6.10 Å². The highest BCUT2D eigenvalue weighted by atomic mass is 32.2. The molecule has 0 fully saturated rings. The molecule has 0 aliphatic rings. The molecule has 2 heteroatoms. The van der Waals surface area contributed by atoms with Crippen molar-refractivity contribution in [1.82, 2.24) is 0 Å². The fourth-order valence-electron chi connectivity index (χ4n) is 0.357. The van der Waals surface area contributed by atoms with Crippen molar-refractivity contribution in [2.45, 2.75) is 38.5 Å². The average molecular weight is 160 g/mol. The second-order valence-electron chi connectivity index (χ2n) is 3.30. The molecule has 1 nitrogen and oxygen atoms in total. The molecule has 0 unspecified atom stereocenters. The molecule has 0 aliphatic heterocycles. The summed E-state index contributed by atoms with van der Waals surface area (Å²) < 4.78 is 0.255. The van der Waals surface area contributed by atoms with Gasteiger partial charge >= 0.3 is 0 Å². The van der Waals surface area contributed by atoms with E-state index in [2.05, 4.69) is 20.8 Å². The molecule has 0 spiro atoms. The minimum atomic E-state index is -0.324. The first-order chi connectivity index (χ1) is 4.42. The van der Waals surface area contributed by atoms with Gasteiger partial charge in [-0.2, -0.15) is 0 Å². The van der Waals surface area contributed by atoms with E-state index in [4.69, 9.17) is 5.11 Å². The predicted molar refractivity (Wildman–Crippen MR) is 48.2 cm³/mol. The monoisotopic (exact) mass is 160 g/mol. The number of hydrogen-bond acceptors (Lipinski definition) is 2. The molecule has 1 atom stereocenters. The number of aliphatic hydroxyl groups is 1. The van der Waals surface area contributed by atoms with Crippen LogP contribution in [0.15, 0.2) is 11.5 Å². The Labute approximate surface area is 67.5 Å². The maximum absolute atomic E-state index is 8.85. The molecular formula is C8H16OS. The molecule has 60 valence electrons. The first-order valence-corrected chi connectivity index (χ1v) is 4.32. The summed E-state index contributed by atoms with van der Waals surface area (Å²) in [5.41, 5.74) is 0. The summed E-state index contributed by atoms with van der Waals surface area (Å²) in [4.78, 5) is 0. The van der Waals surface area contributed by atoms with Crippen molar-refractivity contribution in [2.75, 3.05) is 0 Å². The van der Waals surface area contributed by atoms with E-state index in [9.17, 15) is 0 Å². The van der Waals surface area contributed by atoms with Gasteiger partial charge in [-0.05, 0) is 12.3 Å². The minimum Gasteiger partial charge on any atom is -0.389 e. The first-order valence-electron chi connectivity index (χ1n) is 3.44. The molecule has 0 aromatic carbocycles. The van der Waals surface area contributed by atoms with E-state index in [0.717, 1.165) is 0 Å². The summed E-state index contributed by atoms with van der Waals surface area (Å²) in [5.74, 6) is 0. The van der Waals surface area contributed by atoms with Crippen LogP contribution in [0.4, 0.5) is 0 Å². The van der Waals surface area contributed by atoms with Crippen LogP contribution in [0.1, 0.15) is 27.7 Å². The fraction of sp³-hybridized carbons (Fsp3) is 0.750. The molecule has 0 rings (SSSR count). The van der Waals surface area contributed by atoms with Gasteiger partial charge in [0.1, 0.15) is 0 Å². The highest BCUT2D eigenvalue weighted by Crippen LogP contribution is 2.23. The molecule has 0 heterocycles. The lowest BCUT2D eigenvalue weighted by Crippen LogP contribution is -2.05. The van der Waals surface area contributed by atoms with Crippen molar-refractivity contribution in [1.29, 1.82) is 0 Å². The van der Waals surface area contributed by atoms with Gasteiger partial charge in [0, 0.05) is 4.75 Å². The quantitative estimate of drug-likeness (QED) is 0.669. The largest absolute Gasteiger partial charge is 0.389 e. The SMILES string of the molecule is C[C@@H](O)C=CSC(C)(C)C. The van der Waals surface area contributed by atoms with Crippen LogP contribution in [-0.4, -0.2) is 16.0 Å². The second-order valence-corrected chi connectivity index (χ2v) is 5.03. The summed E-state index contributed by atoms with van der Waals surface area (Å²) in [6.45, 7) is 8.18. The van der Waals surface area contributed by atoms with Crippen LogP contribution in [0.5, 0.6) is 0 Å². The molecule has 0 bridgehead atoms. The van der Waals surface area contributed by atoms with Crippen LogP contribution in [0, 0.1) is 0 Å². The smallest absolute Gasteiger partial charge is 0.0700 e. The third-order valence-corrected chi connectivity index (χ3v) is 1.78. The van der Waals surface area contributed by atoms with Crippen molar-refractivity contribution in [3.63, 3.8) is 0 Å². The zero-order valence-electron chi connectivity index (χ0n) is 7.09. The molecule has 0 amide bonds. The van der Waals surface area contributed by atoms with E-state index in [1.165, 1.54) is 0 Å². The van der Waals surface area contributed by atoms with E-state index in [0.29, 0.717) is 0 Å². The highest BCUT2D eigenvalue weighted by Gasteiger charge is 2.06. The predicted octanol–water partition coefficient (Wildman–Crippen LogP) is 2.41. The van der Waals surface area contributed by atoms with Crippen molar-refractivity contribution in [3.8, 4) is 0 Å². The van der Waals surface area contributed by atoms with Gasteiger partial charge in [0.2, 0.25) is 0 Å². The van der Waals surface area contributed by atoms with Gasteiger partial charge in [-0.15, -0.1) is 11.8 Å². The Morgan fingerprint density at radius 2 is 1.90 bits per heavy atom. The lowest BCUT2D eigenvalue weighted by Gasteiger charge is -2.13. The van der Waals surface area contributed by atoms with Crippen LogP contribution >= 0.6 is 11.8 Å². The molecule has 1 N–H and O–H groups in total. The normalized spacial score (nSPS) is 16.1. The summed E-state index contributed by atoms with van der Waals surface area (Å²) in [5, 5.41) is 10.8. The zero-order valence-corrected chi connectivity index (χ0v) is 7.90. The lowest BCUT2D eigenvalue weighted by molar-refractivity contribution is 0.244. The maximum atomic E-state index is 8.85. The second kappa shape index (κ2) is 4.04. The average Bonchev–Trinajstić information content (AvgIpc) is 1.59. The van der Waals surface area contributed by atoms with Crippen LogP contribution in [0.3, 0.4) is 0 Å². The van der Waals surface area contributed by atoms with E-state index < -0.39 is 0 Å². The van der Waals surface area contributed by atoms with Crippen molar-refractivity contribution < 1.29 is 5.11 Å². The molecule has 0 aromatic heterocycles. The summed E-state index contributed by atoms with van der Waals surface area (Å²) in [6.07, 6.45) is 1.46. The first kappa shape index (κ1) is 10.0. The summed E-state index contributed by atoms with van der Waals surface area (Å²) in [6, 6.07) is 0. The van der Waals surface area contributed by atoms with Crippen LogP contribution in [-0.2, 0) is 0 Å². The molecule has 0 aromatic rings. The molecular weight excluding hydrogens is 144 g/mol. The Morgan fingerprint density at radius 1 is 1.40 bits per heavy atom. The van der Waals surface area contributed by atoms with Gasteiger partial charge in [0.15, 0.2) is 0 Å². The fourth-order valence-corrected chi connectivity index (χ4v) is 1.07. The number of hydrogen-bond donors (Lipinski definition) is 1. The van der Waals surface area contributed by atoms with Crippen LogP contribution in [0.2, 0.25) is 0 Å². The Morgan fingerprint density at radius 3 is 2.20 bits per heavy atom. The van der Waals surface area contributed by atoms with Gasteiger partial charge in [-0.3, -0.25) is 0 Å². The van der Waals surface area contributed by atoms with Gasteiger partial charge < -0.3 is 5.11 Å². The minimum absolute atomic E-state index is 0.255. The topological polar surface area (TPSA) is 20.2 Å². The number of rotatable bonds is 2. The standard InChI is InChI=1S/C8H16OS/c1-7(9)5-6-10-8(2,3)4/h5-7,9H,1-4H3/t7-/m1/s1. The Balaban J connectivity index is 3.54. The highest BCUT2D eigenvalue weighted by molar-refractivity contribution is 8.03. The molecule has 0 saturated heterocycles. The Kier molecular flexibility index (Phi) is 4.06. The third-order valence-electron chi connectivity index (χ3n) is 0.779. The lowest BCUT2D eigenvalue weighted by atomic mass is 10.3. The molecule has 0 aliphatic carbocycles. The van der Waals surface area contributed by atoms with Crippen molar-refractivity contribution in [2.24, 2.45) is 0 Å². The Hall–Kier alpha value is 0.0500. The van der Waals surface area contributed by atoms with E-state index in [-0.39, 0.29) is 10.9 Å². The van der Waals surface area contributed by atoms with Gasteiger partial charge in [0.25, 0.3) is 0 Å². The van der Waals surface area contributed by atoms with Crippen LogP contribution < -0.4 is 0 Å². The Bertz CT molecular complexity index is 111.